The molecule has 11 heteroatoms. The molecule has 0 bridgehead atoms. The van der Waals surface area contributed by atoms with Crippen LogP contribution in [-0.2, 0) is 16.0 Å². The maximum absolute atomic E-state index is 8.94. The lowest BCUT2D eigenvalue weighted by Gasteiger charge is -2.15. The highest BCUT2D eigenvalue weighted by Crippen LogP contribution is 2.32. The Morgan fingerprint density at radius 1 is 1.33 bits per heavy atom. The number of fused-ring (bicyclic) bond motifs is 1. The number of nitrogens with one attached hydrogen (secondary N) is 1. The van der Waals surface area contributed by atoms with Gasteiger partial charge in [0, 0.05) is 6.54 Å². The van der Waals surface area contributed by atoms with Gasteiger partial charge in [-0.2, -0.15) is 15.1 Å². The van der Waals surface area contributed by atoms with Gasteiger partial charge >= 0.3 is 0 Å². The fourth-order valence-electron chi connectivity index (χ4n) is 3.51. The van der Waals surface area contributed by atoms with Crippen molar-refractivity contribution in [3.05, 3.63) is 46.9 Å². The third kappa shape index (κ3) is 5.06. The van der Waals surface area contributed by atoms with Crippen molar-refractivity contribution in [3.8, 4) is 0 Å². The summed E-state index contributed by atoms with van der Waals surface area (Å²) in [5.74, 6) is 0.620. The van der Waals surface area contributed by atoms with Crippen LogP contribution in [0.2, 0.25) is 5.28 Å². The zero-order valence-electron chi connectivity index (χ0n) is 16.4. The van der Waals surface area contributed by atoms with E-state index >= 15 is 0 Å². The van der Waals surface area contributed by atoms with Gasteiger partial charge in [-0.1, -0.05) is 29.8 Å². The van der Waals surface area contributed by atoms with Crippen LogP contribution in [0.4, 0.5) is 5.82 Å². The summed E-state index contributed by atoms with van der Waals surface area (Å²) in [7, 11) is -2.06. The summed E-state index contributed by atoms with van der Waals surface area (Å²) in [4.78, 5) is 26.6. The molecule has 2 unspecified atom stereocenters. The largest absolute Gasteiger partial charge is 0.369 e. The third-order valence-corrected chi connectivity index (χ3v) is 5.42. The Bertz CT molecular complexity index is 1020. The summed E-state index contributed by atoms with van der Waals surface area (Å²) in [5.41, 5.74) is 2.93. The topological polar surface area (TPSA) is 115 Å². The zero-order chi connectivity index (χ0) is 21.1. The van der Waals surface area contributed by atoms with Gasteiger partial charge in [0.25, 0.3) is 0 Å². The summed E-state index contributed by atoms with van der Waals surface area (Å²) in [6.07, 6.45) is 2.71. The number of nitrogens with zero attached hydrogens (tertiary/aromatic N) is 4. The predicted molar refractivity (Wildman–Crippen MR) is 114 cm³/mol. The molecular weight excluding hydrogens is 429 g/mol. The number of hydrogen-bond acceptors (Lipinski definition) is 8. The van der Waals surface area contributed by atoms with Crippen LogP contribution >= 0.6 is 20.0 Å². The molecule has 0 amide bonds. The minimum atomic E-state index is -2.06. The highest BCUT2D eigenvalue weighted by molar-refractivity contribution is 7.44. The van der Waals surface area contributed by atoms with Gasteiger partial charge in [0.05, 0.1) is 24.3 Å². The van der Waals surface area contributed by atoms with Crippen LogP contribution in [0.1, 0.15) is 30.2 Å². The Morgan fingerprint density at radius 2 is 2.20 bits per heavy atom. The van der Waals surface area contributed by atoms with Gasteiger partial charge in [-0.15, -0.1) is 0 Å². The second-order valence-electron chi connectivity index (χ2n) is 7.17. The van der Waals surface area contributed by atoms with Gasteiger partial charge in [-0.05, 0) is 36.9 Å². The molecule has 160 valence electrons. The molecule has 9 nitrogen and oxygen atoms in total. The molecule has 1 aliphatic heterocycles. The van der Waals surface area contributed by atoms with E-state index in [4.69, 9.17) is 30.9 Å². The Balaban J connectivity index is 1.48. The molecule has 0 radical (unpaired) electrons. The summed E-state index contributed by atoms with van der Waals surface area (Å²) in [6, 6.07) is 8.24. The lowest BCUT2D eigenvalue weighted by molar-refractivity contribution is -0.0384. The van der Waals surface area contributed by atoms with Crippen molar-refractivity contribution in [1.82, 2.24) is 19.7 Å². The summed E-state index contributed by atoms with van der Waals surface area (Å²) >= 11 is 6.18. The fourth-order valence-corrected chi connectivity index (χ4v) is 3.94. The van der Waals surface area contributed by atoms with Crippen LogP contribution in [-0.4, -0.2) is 48.6 Å². The van der Waals surface area contributed by atoms with Crippen molar-refractivity contribution < 1.29 is 19.3 Å². The molecule has 30 heavy (non-hydrogen) atoms. The molecule has 0 spiro atoms. The predicted octanol–water partition coefficient (Wildman–Crippen LogP) is 3.35. The van der Waals surface area contributed by atoms with Gasteiger partial charge in [-0.25, -0.2) is 4.68 Å². The van der Waals surface area contributed by atoms with Crippen molar-refractivity contribution in [3.63, 3.8) is 0 Å². The SMILES string of the molecule is Cc1cccc(CNc2nc(Cl)nc3c2cnn3C2CCC(COCP(O)O)O2)c1. The van der Waals surface area contributed by atoms with Gasteiger partial charge in [0.2, 0.25) is 5.28 Å². The first kappa shape index (κ1) is 21.4. The molecule has 2 aromatic heterocycles. The zero-order valence-corrected chi connectivity index (χ0v) is 18.1. The number of ether oxygens (including phenoxy) is 2. The van der Waals surface area contributed by atoms with Crippen LogP contribution in [0.15, 0.2) is 30.5 Å². The van der Waals surface area contributed by atoms with Crippen molar-refractivity contribution in [2.75, 3.05) is 18.3 Å². The Morgan fingerprint density at radius 3 is 3.00 bits per heavy atom. The highest BCUT2D eigenvalue weighted by atomic mass is 35.5. The average Bonchev–Trinajstić information content (AvgIpc) is 3.32. The number of aryl methyl sites for hydroxylation is 1. The quantitative estimate of drug-likeness (QED) is 0.353. The number of rotatable bonds is 8. The van der Waals surface area contributed by atoms with Crippen LogP contribution < -0.4 is 5.32 Å². The lowest BCUT2D eigenvalue weighted by atomic mass is 10.1. The molecule has 1 aliphatic rings. The van der Waals surface area contributed by atoms with Gasteiger partial charge < -0.3 is 24.6 Å². The van der Waals surface area contributed by atoms with E-state index < -0.39 is 8.38 Å². The highest BCUT2D eigenvalue weighted by Gasteiger charge is 2.29. The standard InChI is InChI=1S/C19H23ClN5O4P/c1-12-3-2-4-13(7-12)8-21-17-15-9-22-25(18(15)24-19(20)23-17)16-6-5-14(29-16)10-28-11-30(26)27/h2-4,7,9,14,16,26-27H,5-6,8,10-11H2,1H3,(H,21,23,24). The van der Waals surface area contributed by atoms with E-state index in [1.807, 2.05) is 6.07 Å². The number of aromatic nitrogens is 4. The Labute approximate surface area is 179 Å². The van der Waals surface area contributed by atoms with Crippen molar-refractivity contribution >= 4 is 36.8 Å². The lowest BCUT2D eigenvalue weighted by Crippen LogP contribution is -2.17. The first-order chi connectivity index (χ1) is 14.5. The summed E-state index contributed by atoms with van der Waals surface area (Å²) < 4.78 is 13.0. The molecule has 4 rings (SSSR count). The average molecular weight is 452 g/mol. The van der Waals surface area contributed by atoms with E-state index in [0.717, 1.165) is 23.8 Å². The van der Waals surface area contributed by atoms with Gasteiger partial charge in [0.1, 0.15) is 12.2 Å². The minimum Gasteiger partial charge on any atom is -0.369 e. The molecule has 2 atom stereocenters. The molecule has 3 aromatic rings. The monoisotopic (exact) mass is 451 g/mol. The summed E-state index contributed by atoms with van der Waals surface area (Å²) in [5, 5.41) is 8.69. The van der Waals surface area contributed by atoms with E-state index in [2.05, 4.69) is 45.5 Å². The maximum Gasteiger partial charge on any atom is 0.226 e. The number of benzene rings is 1. The van der Waals surface area contributed by atoms with Crippen molar-refractivity contribution in [2.45, 2.75) is 38.6 Å². The third-order valence-electron chi connectivity index (χ3n) is 4.84. The van der Waals surface area contributed by atoms with Crippen LogP contribution in [0.5, 0.6) is 0 Å². The fraction of sp³-hybridized carbons (Fsp3) is 0.421. The normalized spacial score (nSPS) is 19.1. The smallest absolute Gasteiger partial charge is 0.226 e. The molecule has 1 fully saturated rings. The molecule has 3 heterocycles. The second-order valence-corrected chi connectivity index (χ2v) is 8.51. The Hall–Kier alpha value is -1.87. The maximum atomic E-state index is 8.94. The van der Waals surface area contributed by atoms with Crippen LogP contribution in [0.3, 0.4) is 0 Å². The number of hydrogen-bond donors (Lipinski definition) is 3. The first-order valence-electron chi connectivity index (χ1n) is 9.58. The van der Waals surface area contributed by atoms with Crippen molar-refractivity contribution in [1.29, 1.82) is 0 Å². The second kappa shape index (κ2) is 9.51. The molecule has 0 aliphatic carbocycles. The minimum absolute atomic E-state index is 0.0800. The van der Waals surface area contributed by atoms with Crippen molar-refractivity contribution in [2.24, 2.45) is 0 Å². The molecule has 1 saturated heterocycles. The van der Waals surface area contributed by atoms with E-state index in [9.17, 15) is 0 Å². The Kier molecular flexibility index (Phi) is 6.77. The molecular formula is C19H23ClN5O4P. The number of halogens is 1. The van der Waals surface area contributed by atoms with E-state index in [-0.39, 0.29) is 24.0 Å². The molecule has 3 N–H and O–H groups in total. The molecule has 1 aromatic carbocycles. The van der Waals surface area contributed by atoms with Gasteiger partial charge in [0.15, 0.2) is 20.3 Å². The number of anilines is 1. The van der Waals surface area contributed by atoms with Crippen LogP contribution in [0, 0.1) is 6.92 Å². The summed E-state index contributed by atoms with van der Waals surface area (Å²) in [6.45, 7) is 2.96. The molecule has 0 saturated carbocycles. The van der Waals surface area contributed by atoms with E-state index in [0.29, 0.717) is 24.6 Å². The van der Waals surface area contributed by atoms with E-state index in [1.165, 1.54) is 5.56 Å². The first-order valence-corrected chi connectivity index (χ1v) is 11.4. The van der Waals surface area contributed by atoms with Crippen LogP contribution in [0.25, 0.3) is 11.0 Å². The van der Waals surface area contributed by atoms with E-state index in [1.54, 1.807) is 10.9 Å². The van der Waals surface area contributed by atoms with Gasteiger partial charge in [-0.3, -0.25) is 0 Å².